The number of nitrogens with two attached hydrogens (primary N) is 1. The fraction of sp³-hybridized carbons (Fsp3) is 0.417. The Hall–Kier alpha value is -1.69. The quantitative estimate of drug-likeness (QED) is 0.615. The normalized spacial score (nSPS) is 9.89. The molecule has 1 aromatic rings. The van der Waals surface area contributed by atoms with Gasteiger partial charge >= 0.3 is 5.97 Å². The molecule has 0 aromatic carbocycles. The number of carbonyl (C=O) groups excluding carboxylic acids is 1. The van der Waals surface area contributed by atoms with Gasteiger partial charge in [-0.15, -0.1) is 0 Å². The average Bonchev–Trinajstić information content (AvgIpc) is 2.36. The van der Waals surface area contributed by atoms with Gasteiger partial charge < -0.3 is 15.4 Å². The zero-order chi connectivity index (χ0) is 13.5. The topological polar surface area (TPSA) is 68.5 Å². The smallest absolute Gasteiger partial charge is 0.307 e. The highest BCUT2D eigenvalue weighted by atomic mass is 32.1. The molecular weight excluding hydrogens is 250 g/mol. The second kappa shape index (κ2) is 6.90. The molecule has 18 heavy (non-hydrogen) atoms. The first-order valence-corrected chi connectivity index (χ1v) is 6.08. The molecule has 0 radical (unpaired) electrons. The largest absolute Gasteiger partial charge is 0.466 e. The zero-order valence-corrected chi connectivity index (χ0v) is 11.4. The van der Waals surface area contributed by atoms with E-state index in [1.165, 1.54) is 0 Å². The Morgan fingerprint density at radius 3 is 2.78 bits per heavy atom. The Labute approximate surface area is 112 Å². The van der Waals surface area contributed by atoms with Crippen molar-refractivity contribution in [3.05, 3.63) is 23.9 Å². The number of thiocarbonyl (C=S) groups is 1. The summed E-state index contributed by atoms with van der Waals surface area (Å²) in [5.74, 6) is 0.559. The van der Waals surface area contributed by atoms with Crippen molar-refractivity contribution in [3.63, 3.8) is 0 Å². The van der Waals surface area contributed by atoms with E-state index in [0.29, 0.717) is 24.6 Å². The van der Waals surface area contributed by atoms with Crippen molar-refractivity contribution in [2.24, 2.45) is 5.73 Å². The van der Waals surface area contributed by atoms with Crippen LogP contribution in [0.5, 0.6) is 0 Å². The minimum absolute atomic E-state index is 0.205. The fourth-order valence-electron chi connectivity index (χ4n) is 1.36. The number of carbonyl (C=O) groups is 1. The van der Waals surface area contributed by atoms with Crippen LogP contribution >= 0.6 is 12.2 Å². The van der Waals surface area contributed by atoms with Crippen LogP contribution in [0.2, 0.25) is 0 Å². The summed E-state index contributed by atoms with van der Waals surface area (Å²) in [4.78, 5) is 17.6. The maximum absolute atomic E-state index is 11.2. The first-order valence-electron chi connectivity index (χ1n) is 5.67. The van der Waals surface area contributed by atoms with E-state index in [-0.39, 0.29) is 5.97 Å². The number of esters is 1. The molecule has 98 valence electrons. The number of anilines is 1. The maximum atomic E-state index is 11.2. The number of hydrogen-bond acceptors (Lipinski definition) is 5. The summed E-state index contributed by atoms with van der Waals surface area (Å²) >= 11 is 4.85. The van der Waals surface area contributed by atoms with Crippen molar-refractivity contribution >= 4 is 29.0 Å². The summed E-state index contributed by atoms with van der Waals surface area (Å²) in [6.45, 7) is 2.75. The molecule has 1 rings (SSSR count). The summed E-state index contributed by atoms with van der Waals surface area (Å²) in [5, 5.41) is 0. The van der Waals surface area contributed by atoms with Crippen molar-refractivity contribution in [1.29, 1.82) is 0 Å². The summed E-state index contributed by atoms with van der Waals surface area (Å²) < 4.78 is 4.86. The van der Waals surface area contributed by atoms with E-state index < -0.39 is 0 Å². The van der Waals surface area contributed by atoms with Crippen LogP contribution in [0.25, 0.3) is 0 Å². The predicted octanol–water partition coefficient (Wildman–Crippen LogP) is 1.11. The maximum Gasteiger partial charge on any atom is 0.307 e. The summed E-state index contributed by atoms with van der Waals surface area (Å²) in [6, 6.07) is 3.63. The number of ether oxygens (including phenoxy) is 1. The zero-order valence-electron chi connectivity index (χ0n) is 10.5. The molecule has 0 aliphatic rings. The highest BCUT2D eigenvalue weighted by molar-refractivity contribution is 7.80. The van der Waals surface area contributed by atoms with E-state index in [9.17, 15) is 4.79 Å². The van der Waals surface area contributed by atoms with Crippen molar-refractivity contribution in [1.82, 2.24) is 4.98 Å². The second-order valence-corrected chi connectivity index (χ2v) is 4.19. The van der Waals surface area contributed by atoms with E-state index in [1.54, 1.807) is 13.1 Å². The lowest BCUT2D eigenvalue weighted by Crippen LogP contribution is -2.23. The monoisotopic (exact) mass is 267 g/mol. The van der Waals surface area contributed by atoms with Gasteiger partial charge in [-0.25, -0.2) is 4.98 Å². The van der Waals surface area contributed by atoms with Gasteiger partial charge in [0.25, 0.3) is 0 Å². The molecule has 0 amide bonds. The van der Waals surface area contributed by atoms with E-state index >= 15 is 0 Å². The Morgan fingerprint density at radius 2 is 2.28 bits per heavy atom. The SMILES string of the molecule is CCOC(=O)CCN(C)c1ccc(C(N)=S)cn1. The minimum atomic E-state index is -0.205. The van der Waals surface area contributed by atoms with Crippen LogP contribution in [0.3, 0.4) is 0 Å². The molecule has 0 saturated heterocycles. The minimum Gasteiger partial charge on any atom is -0.466 e. The highest BCUT2D eigenvalue weighted by Crippen LogP contribution is 2.10. The fourth-order valence-corrected chi connectivity index (χ4v) is 1.49. The van der Waals surface area contributed by atoms with Crippen LogP contribution < -0.4 is 10.6 Å². The first kappa shape index (κ1) is 14.4. The first-order chi connectivity index (χ1) is 8.54. The van der Waals surface area contributed by atoms with Gasteiger partial charge in [0.15, 0.2) is 0 Å². The predicted molar refractivity (Wildman–Crippen MR) is 74.6 cm³/mol. The average molecular weight is 267 g/mol. The number of aromatic nitrogens is 1. The summed E-state index contributed by atoms with van der Waals surface area (Å²) in [6.07, 6.45) is 1.96. The third kappa shape index (κ3) is 4.29. The Morgan fingerprint density at radius 1 is 1.56 bits per heavy atom. The van der Waals surface area contributed by atoms with Crippen molar-refractivity contribution in [2.45, 2.75) is 13.3 Å². The summed E-state index contributed by atoms with van der Waals surface area (Å²) in [7, 11) is 1.86. The Kier molecular flexibility index (Phi) is 5.51. The number of rotatable bonds is 6. The molecule has 1 aromatic heterocycles. The van der Waals surface area contributed by atoms with Gasteiger partial charge in [0, 0.05) is 25.4 Å². The van der Waals surface area contributed by atoms with Gasteiger partial charge in [-0.2, -0.15) is 0 Å². The molecule has 6 heteroatoms. The van der Waals surface area contributed by atoms with Crippen molar-refractivity contribution in [3.8, 4) is 0 Å². The number of nitrogens with zero attached hydrogens (tertiary/aromatic N) is 2. The number of pyridine rings is 1. The van der Waals surface area contributed by atoms with Gasteiger partial charge in [0.05, 0.1) is 13.0 Å². The lowest BCUT2D eigenvalue weighted by atomic mass is 10.3. The van der Waals surface area contributed by atoms with Crippen LogP contribution in [0.15, 0.2) is 18.3 Å². The lowest BCUT2D eigenvalue weighted by molar-refractivity contribution is -0.142. The van der Waals surface area contributed by atoms with Crippen LogP contribution in [0.1, 0.15) is 18.9 Å². The number of hydrogen-bond donors (Lipinski definition) is 1. The third-order valence-corrected chi connectivity index (χ3v) is 2.62. The molecule has 0 aliphatic carbocycles. The molecule has 1 heterocycles. The molecule has 0 bridgehead atoms. The lowest BCUT2D eigenvalue weighted by Gasteiger charge is -2.17. The van der Waals surface area contributed by atoms with Crippen LogP contribution in [0, 0.1) is 0 Å². The molecule has 2 N–H and O–H groups in total. The Bertz CT molecular complexity index is 420. The van der Waals surface area contributed by atoms with E-state index in [4.69, 9.17) is 22.7 Å². The van der Waals surface area contributed by atoms with Gasteiger partial charge in [0.1, 0.15) is 10.8 Å². The van der Waals surface area contributed by atoms with Crippen LogP contribution in [0.4, 0.5) is 5.82 Å². The summed E-state index contributed by atoms with van der Waals surface area (Å²) in [5.41, 5.74) is 6.22. The molecule has 0 atom stereocenters. The molecule has 0 saturated carbocycles. The van der Waals surface area contributed by atoms with Gasteiger partial charge in [-0.05, 0) is 19.1 Å². The van der Waals surface area contributed by atoms with E-state index in [0.717, 1.165) is 11.4 Å². The molecule has 5 nitrogen and oxygen atoms in total. The van der Waals surface area contributed by atoms with Crippen molar-refractivity contribution in [2.75, 3.05) is 25.1 Å². The van der Waals surface area contributed by atoms with Crippen molar-refractivity contribution < 1.29 is 9.53 Å². The third-order valence-electron chi connectivity index (χ3n) is 2.38. The highest BCUT2D eigenvalue weighted by Gasteiger charge is 2.07. The Balaban J connectivity index is 2.53. The van der Waals surface area contributed by atoms with E-state index in [1.807, 2.05) is 24.1 Å². The van der Waals surface area contributed by atoms with E-state index in [2.05, 4.69) is 4.98 Å². The van der Waals surface area contributed by atoms with Crippen LogP contribution in [-0.2, 0) is 9.53 Å². The van der Waals surface area contributed by atoms with Gasteiger partial charge in [0.2, 0.25) is 0 Å². The molecule has 0 unspecified atom stereocenters. The molecule has 0 aliphatic heterocycles. The van der Waals surface area contributed by atoms with Gasteiger partial charge in [-0.3, -0.25) is 4.79 Å². The second-order valence-electron chi connectivity index (χ2n) is 3.75. The standard InChI is InChI=1S/C12H17N3O2S/c1-3-17-11(16)6-7-15(2)10-5-4-9(8-14-10)12(13)18/h4-5,8H,3,6-7H2,1-2H3,(H2,13,18). The molecule has 0 spiro atoms. The molecule has 0 fully saturated rings. The van der Waals surface area contributed by atoms with Crippen LogP contribution in [-0.4, -0.2) is 36.1 Å². The van der Waals surface area contributed by atoms with Gasteiger partial charge in [-0.1, -0.05) is 12.2 Å². The molecular formula is C12H17N3O2S.